The van der Waals surface area contributed by atoms with Gasteiger partial charge in [0.1, 0.15) is 0 Å². The first-order valence-corrected chi connectivity index (χ1v) is 5.02. The minimum absolute atomic E-state index is 0.0693. The van der Waals surface area contributed by atoms with Crippen LogP contribution in [0.3, 0.4) is 0 Å². The summed E-state index contributed by atoms with van der Waals surface area (Å²) in [7, 11) is 0. The van der Waals surface area contributed by atoms with E-state index in [1.165, 1.54) is 0 Å². The van der Waals surface area contributed by atoms with Gasteiger partial charge in [-0.05, 0) is 13.8 Å². The van der Waals surface area contributed by atoms with Crippen molar-refractivity contribution >= 4 is 0 Å². The van der Waals surface area contributed by atoms with E-state index in [1.54, 1.807) is 0 Å². The van der Waals surface area contributed by atoms with Gasteiger partial charge >= 0.3 is 0 Å². The Morgan fingerprint density at radius 3 is 2.57 bits per heavy atom. The Morgan fingerprint density at radius 1 is 1.36 bits per heavy atom. The Balaban J connectivity index is 3.58. The zero-order valence-electron chi connectivity index (χ0n) is 9.07. The Labute approximate surface area is 86.1 Å². The van der Waals surface area contributed by atoms with E-state index in [9.17, 15) is 0 Å². The van der Waals surface area contributed by atoms with Gasteiger partial charge in [-0.2, -0.15) is 5.26 Å². The molecule has 4 heteroatoms. The third-order valence-electron chi connectivity index (χ3n) is 2.00. The topological polar surface area (TPSA) is 56.5 Å². The summed E-state index contributed by atoms with van der Waals surface area (Å²) in [6.45, 7) is 6.89. The molecule has 0 saturated heterocycles. The normalized spacial score (nSPS) is 10.9. The molecule has 1 N–H and O–H groups in total. The molecule has 0 saturated carbocycles. The van der Waals surface area contributed by atoms with E-state index in [-0.39, 0.29) is 6.61 Å². The van der Waals surface area contributed by atoms with Crippen LogP contribution in [-0.2, 0) is 4.74 Å². The fourth-order valence-electron chi connectivity index (χ4n) is 1.17. The highest BCUT2D eigenvalue weighted by molar-refractivity contribution is 4.73. The number of rotatable bonds is 8. The number of hydrogen-bond donors (Lipinski definition) is 1. The lowest BCUT2D eigenvalue weighted by Gasteiger charge is -2.25. The summed E-state index contributed by atoms with van der Waals surface area (Å²) in [5, 5.41) is 17.0. The van der Waals surface area contributed by atoms with Crippen LogP contribution in [0, 0.1) is 11.3 Å². The number of aliphatic hydroxyl groups excluding tert-OH is 1. The molecule has 0 radical (unpaired) electrons. The molecular weight excluding hydrogens is 180 g/mol. The molecule has 0 unspecified atom stereocenters. The molecule has 0 aromatic rings. The smallest absolute Gasteiger partial charge is 0.0698 e. The lowest BCUT2D eigenvalue weighted by Crippen LogP contribution is -2.34. The first-order chi connectivity index (χ1) is 6.72. The zero-order chi connectivity index (χ0) is 10.8. The highest BCUT2D eigenvalue weighted by Gasteiger charge is 2.07. The second-order valence-electron chi connectivity index (χ2n) is 3.37. The minimum Gasteiger partial charge on any atom is -0.394 e. The lowest BCUT2D eigenvalue weighted by molar-refractivity contribution is 0.0674. The highest BCUT2D eigenvalue weighted by atomic mass is 16.5. The minimum atomic E-state index is 0.0693. The average Bonchev–Trinajstić information content (AvgIpc) is 2.16. The maximum absolute atomic E-state index is 8.50. The predicted octanol–water partition coefficient (Wildman–Crippen LogP) is 0.619. The molecule has 0 spiro atoms. The van der Waals surface area contributed by atoms with Crippen LogP contribution in [0.2, 0.25) is 0 Å². The lowest BCUT2D eigenvalue weighted by atomic mass is 10.3. The first kappa shape index (κ1) is 13.4. The monoisotopic (exact) mass is 200 g/mol. The molecule has 0 atom stereocenters. The van der Waals surface area contributed by atoms with Gasteiger partial charge in [-0.25, -0.2) is 0 Å². The van der Waals surface area contributed by atoms with Gasteiger partial charge in [-0.1, -0.05) is 0 Å². The van der Waals surface area contributed by atoms with Crippen molar-refractivity contribution in [3.8, 4) is 6.07 Å². The summed E-state index contributed by atoms with van der Waals surface area (Å²) < 4.78 is 5.17. The third-order valence-corrected chi connectivity index (χ3v) is 2.00. The van der Waals surface area contributed by atoms with Crippen LogP contribution in [0.15, 0.2) is 0 Å². The third kappa shape index (κ3) is 6.84. The van der Waals surface area contributed by atoms with Crippen molar-refractivity contribution in [2.75, 3.05) is 32.9 Å². The molecule has 0 aliphatic heterocycles. The molecule has 0 amide bonds. The van der Waals surface area contributed by atoms with Gasteiger partial charge in [0, 0.05) is 25.6 Å². The Hall–Kier alpha value is -0.630. The van der Waals surface area contributed by atoms with E-state index < -0.39 is 0 Å². The first-order valence-electron chi connectivity index (χ1n) is 5.02. The summed E-state index contributed by atoms with van der Waals surface area (Å²) in [6.07, 6.45) is 0.554. The van der Waals surface area contributed by atoms with Crippen molar-refractivity contribution in [2.45, 2.75) is 26.3 Å². The maximum atomic E-state index is 8.50. The number of aliphatic hydroxyl groups is 1. The maximum Gasteiger partial charge on any atom is 0.0698 e. The van der Waals surface area contributed by atoms with Crippen LogP contribution in [0.5, 0.6) is 0 Å². The summed E-state index contributed by atoms with van der Waals surface area (Å²) in [5.74, 6) is 0. The van der Waals surface area contributed by atoms with Gasteiger partial charge in [0.15, 0.2) is 0 Å². The SMILES string of the molecule is CC(C)N(CCC#N)CCOCCO. The van der Waals surface area contributed by atoms with Gasteiger partial charge in [0.2, 0.25) is 0 Å². The molecule has 0 heterocycles. The molecule has 0 aliphatic rings. The fraction of sp³-hybridized carbons (Fsp3) is 0.900. The second kappa shape index (κ2) is 8.95. The summed E-state index contributed by atoms with van der Waals surface area (Å²) in [6, 6.07) is 2.56. The van der Waals surface area contributed by atoms with E-state index in [4.69, 9.17) is 15.1 Å². The van der Waals surface area contributed by atoms with E-state index in [0.717, 1.165) is 13.1 Å². The van der Waals surface area contributed by atoms with Crippen molar-refractivity contribution in [3.63, 3.8) is 0 Å². The van der Waals surface area contributed by atoms with Crippen LogP contribution in [-0.4, -0.2) is 49.0 Å². The van der Waals surface area contributed by atoms with Crippen LogP contribution in [0.25, 0.3) is 0 Å². The Kier molecular flexibility index (Phi) is 8.54. The van der Waals surface area contributed by atoms with Gasteiger partial charge in [-0.3, -0.25) is 4.90 Å². The highest BCUT2D eigenvalue weighted by Crippen LogP contribution is 1.98. The van der Waals surface area contributed by atoms with Gasteiger partial charge in [-0.15, -0.1) is 0 Å². The molecule has 0 bridgehead atoms. The summed E-state index contributed by atoms with van der Waals surface area (Å²) >= 11 is 0. The molecule has 14 heavy (non-hydrogen) atoms. The van der Waals surface area contributed by atoms with Gasteiger partial charge < -0.3 is 9.84 Å². The van der Waals surface area contributed by atoms with Crippen molar-refractivity contribution in [1.82, 2.24) is 4.90 Å². The van der Waals surface area contributed by atoms with Crippen molar-refractivity contribution in [1.29, 1.82) is 5.26 Å². The molecule has 0 aromatic carbocycles. The van der Waals surface area contributed by atoms with E-state index in [2.05, 4.69) is 24.8 Å². The predicted molar refractivity (Wildman–Crippen MR) is 54.8 cm³/mol. The molecule has 0 aliphatic carbocycles. The van der Waals surface area contributed by atoms with Crippen LogP contribution >= 0.6 is 0 Å². The Morgan fingerprint density at radius 2 is 2.07 bits per heavy atom. The molecular formula is C10H20N2O2. The molecule has 0 fully saturated rings. The van der Waals surface area contributed by atoms with Crippen LogP contribution in [0.4, 0.5) is 0 Å². The largest absolute Gasteiger partial charge is 0.394 e. The van der Waals surface area contributed by atoms with Gasteiger partial charge in [0.25, 0.3) is 0 Å². The molecule has 0 rings (SSSR count). The Bertz CT molecular complexity index is 166. The fourth-order valence-corrected chi connectivity index (χ4v) is 1.17. The molecule has 0 aromatic heterocycles. The quantitative estimate of drug-likeness (QED) is 0.584. The molecule has 82 valence electrons. The number of hydrogen-bond acceptors (Lipinski definition) is 4. The van der Waals surface area contributed by atoms with E-state index in [1.807, 2.05) is 0 Å². The van der Waals surface area contributed by atoms with Crippen LogP contribution in [0.1, 0.15) is 20.3 Å². The van der Waals surface area contributed by atoms with Crippen molar-refractivity contribution in [2.24, 2.45) is 0 Å². The van der Waals surface area contributed by atoms with Crippen molar-refractivity contribution in [3.05, 3.63) is 0 Å². The standard InChI is InChI=1S/C10H20N2O2/c1-10(2)12(5-3-4-11)6-8-14-9-7-13/h10,13H,3,5-9H2,1-2H3. The van der Waals surface area contributed by atoms with Crippen molar-refractivity contribution < 1.29 is 9.84 Å². The number of ether oxygens (including phenoxy) is 1. The van der Waals surface area contributed by atoms with E-state index in [0.29, 0.717) is 25.7 Å². The summed E-state index contributed by atoms with van der Waals surface area (Å²) in [5.41, 5.74) is 0. The molecule has 4 nitrogen and oxygen atoms in total. The zero-order valence-corrected chi connectivity index (χ0v) is 9.07. The number of nitriles is 1. The van der Waals surface area contributed by atoms with Gasteiger partial charge in [0.05, 0.1) is 25.9 Å². The summed E-state index contributed by atoms with van der Waals surface area (Å²) in [4.78, 5) is 2.20. The van der Waals surface area contributed by atoms with Crippen LogP contribution < -0.4 is 0 Å². The van der Waals surface area contributed by atoms with E-state index >= 15 is 0 Å². The number of nitrogens with zero attached hydrogens (tertiary/aromatic N) is 2. The second-order valence-corrected chi connectivity index (χ2v) is 3.37. The average molecular weight is 200 g/mol.